The first kappa shape index (κ1) is 19.8. The van der Waals surface area contributed by atoms with Crippen molar-refractivity contribution in [1.82, 2.24) is 14.9 Å². The molecule has 0 radical (unpaired) electrons. The first-order valence-electron chi connectivity index (χ1n) is 7.93. The Hall–Kier alpha value is -2.48. The maximum absolute atomic E-state index is 13.8. The number of rotatable bonds is 3. The summed E-state index contributed by atoms with van der Waals surface area (Å²) in [4.78, 5) is 16.8. The van der Waals surface area contributed by atoms with E-state index in [2.05, 4.69) is 19.9 Å². The zero-order valence-electron chi connectivity index (χ0n) is 14.0. The Balaban J connectivity index is 0.00000243. The minimum Gasteiger partial charge on any atom is -0.370 e. The number of aliphatic imine (C=N–C) groups is 1. The van der Waals surface area contributed by atoms with Crippen LogP contribution in [0.2, 0.25) is 0 Å². The molecule has 1 aromatic heterocycles. The van der Waals surface area contributed by atoms with E-state index >= 15 is 0 Å². The largest absolute Gasteiger partial charge is 0.370 e. The molecule has 0 spiro atoms. The Bertz CT molecular complexity index is 799. The van der Waals surface area contributed by atoms with E-state index in [1.165, 1.54) is 18.2 Å². The van der Waals surface area contributed by atoms with Crippen LogP contribution in [0.25, 0.3) is 0 Å². The molecule has 3 rings (SSSR count). The second kappa shape index (κ2) is 9.28. The second-order valence-corrected chi connectivity index (χ2v) is 5.62. The molecule has 2 aromatic rings. The fraction of sp³-hybridized carbons (Fsp3) is 0.294. The standard InChI is InChI=1S/C17H18FN7.HI/c18-15-3-2-13(11-19)10-14(15)12-23-16(20)24-6-8-25(9-7-24)17-21-4-1-5-22-17;/h1-5,10H,6-9,12H2,(H2,20,23);1H. The maximum Gasteiger partial charge on any atom is 0.225 e. The Labute approximate surface area is 168 Å². The molecule has 1 saturated heterocycles. The van der Waals surface area contributed by atoms with Gasteiger partial charge in [-0.15, -0.1) is 24.0 Å². The number of nitrogens with zero attached hydrogens (tertiary/aromatic N) is 6. The molecule has 1 fully saturated rings. The highest BCUT2D eigenvalue weighted by Gasteiger charge is 2.19. The predicted octanol–water partition coefficient (Wildman–Crippen LogP) is 1.74. The van der Waals surface area contributed by atoms with Crippen LogP contribution in [0.3, 0.4) is 0 Å². The normalized spacial score (nSPS) is 14.5. The van der Waals surface area contributed by atoms with E-state index in [4.69, 9.17) is 11.0 Å². The van der Waals surface area contributed by atoms with Crippen LogP contribution in [0.1, 0.15) is 11.1 Å². The molecule has 0 unspecified atom stereocenters. The lowest BCUT2D eigenvalue weighted by molar-refractivity contribution is 0.378. The van der Waals surface area contributed by atoms with Crippen LogP contribution in [0.5, 0.6) is 0 Å². The van der Waals surface area contributed by atoms with Gasteiger partial charge in [0.1, 0.15) is 5.82 Å². The highest BCUT2D eigenvalue weighted by atomic mass is 127. The monoisotopic (exact) mass is 467 g/mol. The van der Waals surface area contributed by atoms with Crippen molar-refractivity contribution < 1.29 is 4.39 Å². The van der Waals surface area contributed by atoms with Crippen LogP contribution >= 0.6 is 24.0 Å². The lowest BCUT2D eigenvalue weighted by Gasteiger charge is -2.35. The minimum absolute atomic E-state index is 0. The molecule has 1 aromatic carbocycles. The first-order chi connectivity index (χ1) is 12.2. The molecular weight excluding hydrogens is 448 g/mol. The van der Waals surface area contributed by atoms with Gasteiger partial charge in [-0.3, -0.25) is 0 Å². The number of guanidine groups is 1. The summed E-state index contributed by atoms with van der Waals surface area (Å²) in [5.74, 6) is 0.685. The summed E-state index contributed by atoms with van der Waals surface area (Å²) in [6.07, 6.45) is 3.43. The van der Waals surface area contributed by atoms with Crippen LogP contribution in [0.4, 0.5) is 10.3 Å². The van der Waals surface area contributed by atoms with E-state index < -0.39 is 0 Å². The summed E-state index contributed by atoms with van der Waals surface area (Å²) in [7, 11) is 0. The molecule has 0 atom stereocenters. The SMILES string of the molecule is I.N#Cc1ccc(F)c(CN=C(N)N2CCN(c3ncccn3)CC2)c1. The quantitative estimate of drug-likeness (QED) is 0.420. The molecule has 2 heterocycles. The van der Waals surface area contributed by atoms with Crippen LogP contribution in [0, 0.1) is 17.1 Å². The van der Waals surface area contributed by atoms with Gasteiger partial charge >= 0.3 is 0 Å². The molecule has 2 N–H and O–H groups in total. The third kappa shape index (κ3) is 4.78. The Morgan fingerprint density at radius 3 is 2.58 bits per heavy atom. The van der Waals surface area contributed by atoms with Crippen molar-refractivity contribution in [1.29, 1.82) is 5.26 Å². The van der Waals surface area contributed by atoms with E-state index in [0.717, 1.165) is 13.1 Å². The number of hydrogen-bond acceptors (Lipinski definition) is 5. The number of hydrogen-bond donors (Lipinski definition) is 1. The third-order valence-corrected chi connectivity index (χ3v) is 4.02. The molecular formula is C17H19FIN7. The van der Waals surface area contributed by atoms with E-state index in [9.17, 15) is 4.39 Å². The predicted molar refractivity (Wildman–Crippen MR) is 108 cm³/mol. The Kier molecular flexibility index (Phi) is 7.08. The number of nitrogens with two attached hydrogens (primary N) is 1. The van der Waals surface area contributed by atoms with Gasteiger partial charge in [-0.25, -0.2) is 19.4 Å². The van der Waals surface area contributed by atoms with Gasteiger partial charge in [0.25, 0.3) is 0 Å². The highest BCUT2D eigenvalue weighted by Crippen LogP contribution is 2.12. The maximum atomic E-state index is 13.8. The lowest BCUT2D eigenvalue weighted by atomic mass is 10.1. The molecule has 7 nitrogen and oxygen atoms in total. The zero-order valence-corrected chi connectivity index (χ0v) is 16.4. The summed E-state index contributed by atoms with van der Waals surface area (Å²) in [5.41, 5.74) is 6.80. The van der Waals surface area contributed by atoms with Crippen LogP contribution < -0.4 is 10.6 Å². The van der Waals surface area contributed by atoms with Crippen molar-refractivity contribution in [2.75, 3.05) is 31.1 Å². The number of nitriles is 1. The van der Waals surface area contributed by atoms with Gasteiger partial charge in [-0.2, -0.15) is 5.26 Å². The molecule has 0 saturated carbocycles. The number of piperazine rings is 1. The number of benzene rings is 1. The van der Waals surface area contributed by atoms with Gasteiger partial charge < -0.3 is 15.5 Å². The summed E-state index contributed by atoms with van der Waals surface area (Å²) < 4.78 is 13.8. The molecule has 136 valence electrons. The molecule has 0 bridgehead atoms. The van der Waals surface area contributed by atoms with Crippen molar-refractivity contribution in [2.45, 2.75) is 6.54 Å². The highest BCUT2D eigenvalue weighted by molar-refractivity contribution is 14.0. The first-order valence-corrected chi connectivity index (χ1v) is 7.93. The minimum atomic E-state index is -0.387. The number of aromatic nitrogens is 2. The van der Waals surface area contributed by atoms with Crippen molar-refractivity contribution >= 4 is 35.9 Å². The fourth-order valence-corrected chi connectivity index (χ4v) is 2.62. The van der Waals surface area contributed by atoms with Crippen molar-refractivity contribution in [3.05, 3.63) is 53.6 Å². The second-order valence-electron chi connectivity index (χ2n) is 5.62. The molecule has 1 aliphatic heterocycles. The topological polar surface area (TPSA) is 94.4 Å². The smallest absolute Gasteiger partial charge is 0.225 e. The molecule has 9 heteroatoms. The van der Waals surface area contributed by atoms with Crippen molar-refractivity contribution in [3.63, 3.8) is 0 Å². The number of halogens is 2. The molecule has 0 amide bonds. The Morgan fingerprint density at radius 2 is 1.92 bits per heavy atom. The summed E-state index contributed by atoms with van der Waals surface area (Å²) in [6, 6.07) is 7.99. The van der Waals surface area contributed by atoms with E-state index in [1.54, 1.807) is 18.5 Å². The van der Waals surface area contributed by atoms with Gasteiger partial charge in [-0.05, 0) is 24.3 Å². The van der Waals surface area contributed by atoms with Crippen molar-refractivity contribution in [3.8, 4) is 6.07 Å². The fourth-order valence-electron chi connectivity index (χ4n) is 2.62. The van der Waals surface area contributed by atoms with Gasteiger partial charge in [0, 0.05) is 44.1 Å². The zero-order chi connectivity index (χ0) is 17.6. The summed E-state index contributed by atoms with van der Waals surface area (Å²) >= 11 is 0. The molecule has 1 aliphatic rings. The van der Waals surface area contributed by atoms with E-state index in [0.29, 0.717) is 36.1 Å². The van der Waals surface area contributed by atoms with Gasteiger partial charge in [0.05, 0.1) is 18.2 Å². The van der Waals surface area contributed by atoms with Crippen molar-refractivity contribution in [2.24, 2.45) is 10.7 Å². The Morgan fingerprint density at radius 1 is 1.23 bits per heavy atom. The van der Waals surface area contributed by atoms with Gasteiger partial charge in [-0.1, -0.05) is 0 Å². The molecule has 26 heavy (non-hydrogen) atoms. The van der Waals surface area contributed by atoms with Gasteiger partial charge in [0.15, 0.2) is 5.96 Å². The van der Waals surface area contributed by atoms with Crippen LogP contribution in [-0.4, -0.2) is 47.0 Å². The van der Waals surface area contributed by atoms with Gasteiger partial charge in [0.2, 0.25) is 5.95 Å². The van der Waals surface area contributed by atoms with Crippen LogP contribution in [-0.2, 0) is 6.54 Å². The summed E-state index contributed by atoms with van der Waals surface area (Å²) in [5, 5.41) is 8.90. The van der Waals surface area contributed by atoms with Crippen LogP contribution in [0.15, 0.2) is 41.7 Å². The van der Waals surface area contributed by atoms with E-state index in [-0.39, 0.29) is 36.3 Å². The summed E-state index contributed by atoms with van der Waals surface area (Å²) in [6.45, 7) is 2.95. The lowest BCUT2D eigenvalue weighted by Crippen LogP contribution is -2.51. The number of anilines is 1. The van der Waals surface area contributed by atoms with E-state index in [1.807, 2.05) is 11.0 Å². The third-order valence-electron chi connectivity index (χ3n) is 4.02. The molecule has 0 aliphatic carbocycles. The average molecular weight is 467 g/mol. The average Bonchev–Trinajstić information content (AvgIpc) is 2.68.